The molecule has 0 aliphatic carbocycles. The number of nitrogens with zero attached hydrogens (tertiary/aromatic N) is 4. The lowest BCUT2D eigenvalue weighted by atomic mass is 10.2. The zero-order chi connectivity index (χ0) is 13.4. The molecule has 0 radical (unpaired) electrons. The molecule has 0 saturated heterocycles. The molecule has 0 bridgehead atoms. The van der Waals surface area contributed by atoms with Crippen LogP contribution in [-0.2, 0) is 0 Å². The first-order chi connectivity index (χ1) is 9.16. The summed E-state index contributed by atoms with van der Waals surface area (Å²) in [5.74, 6) is -1.08. The number of carboxylic acids is 1. The van der Waals surface area contributed by atoms with E-state index in [0.29, 0.717) is 5.69 Å². The first-order valence-corrected chi connectivity index (χ1v) is 5.67. The number of fused-ring (bicyclic) bond motifs is 1. The van der Waals surface area contributed by atoms with Crippen LogP contribution in [-0.4, -0.2) is 31.1 Å². The molecule has 0 saturated carbocycles. The van der Waals surface area contributed by atoms with Crippen LogP contribution in [0.4, 0.5) is 0 Å². The Labute approximate surface area is 108 Å². The molecule has 2 heterocycles. The third-order valence-corrected chi connectivity index (χ3v) is 2.93. The van der Waals surface area contributed by atoms with E-state index in [-0.39, 0.29) is 5.69 Å². The van der Waals surface area contributed by atoms with Gasteiger partial charge in [0.25, 0.3) is 0 Å². The van der Waals surface area contributed by atoms with Gasteiger partial charge in [0.15, 0.2) is 5.69 Å². The minimum Gasteiger partial charge on any atom is -0.476 e. The topological polar surface area (TPSA) is 80.9 Å². The van der Waals surface area contributed by atoms with Crippen LogP contribution in [0.3, 0.4) is 0 Å². The van der Waals surface area contributed by atoms with Crippen molar-refractivity contribution < 1.29 is 9.90 Å². The summed E-state index contributed by atoms with van der Waals surface area (Å²) in [5, 5.41) is 17.5. The van der Waals surface area contributed by atoms with Gasteiger partial charge in [0.05, 0.1) is 16.9 Å². The van der Waals surface area contributed by atoms with Gasteiger partial charge in [-0.1, -0.05) is 11.3 Å². The predicted octanol–water partition coefficient (Wildman–Crippen LogP) is 1.82. The molecule has 94 valence electrons. The fourth-order valence-corrected chi connectivity index (χ4v) is 1.97. The Morgan fingerprint density at radius 3 is 2.89 bits per heavy atom. The van der Waals surface area contributed by atoms with Crippen LogP contribution in [0.1, 0.15) is 16.2 Å². The summed E-state index contributed by atoms with van der Waals surface area (Å²) in [6.07, 6.45) is 1.73. The third-order valence-electron chi connectivity index (χ3n) is 2.93. The van der Waals surface area contributed by atoms with Gasteiger partial charge in [-0.15, -0.1) is 5.10 Å². The van der Waals surface area contributed by atoms with E-state index in [9.17, 15) is 4.79 Å². The third kappa shape index (κ3) is 1.83. The highest BCUT2D eigenvalue weighted by atomic mass is 16.4. The average molecular weight is 254 g/mol. The SMILES string of the molecule is Cc1c(C(=O)O)nnn1-c1ccc2ncccc2c1. The maximum atomic E-state index is 11.0. The second kappa shape index (κ2) is 4.16. The molecule has 3 aromatic rings. The Kier molecular flexibility index (Phi) is 2.49. The van der Waals surface area contributed by atoms with Crippen LogP contribution in [0, 0.1) is 6.92 Å². The number of aromatic nitrogens is 4. The summed E-state index contributed by atoms with van der Waals surface area (Å²) in [6.45, 7) is 1.68. The number of hydrogen-bond donors (Lipinski definition) is 1. The number of aromatic carboxylic acids is 1. The molecule has 0 amide bonds. The fraction of sp³-hybridized carbons (Fsp3) is 0.0769. The van der Waals surface area contributed by atoms with E-state index >= 15 is 0 Å². The molecule has 0 aliphatic heterocycles. The van der Waals surface area contributed by atoms with Crippen molar-refractivity contribution in [1.82, 2.24) is 20.0 Å². The van der Waals surface area contributed by atoms with Crippen LogP contribution >= 0.6 is 0 Å². The first kappa shape index (κ1) is 11.3. The normalized spacial score (nSPS) is 10.8. The van der Waals surface area contributed by atoms with E-state index in [1.54, 1.807) is 13.1 Å². The summed E-state index contributed by atoms with van der Waals surface area (Å²) in [7, 11) is 0. The van der Waals surface area contributed by atoms with Gasteiger partial charge in [-0.2, -0.15) is 0 Å². The van der Waals surface area contributed by atoms with E-state index in [0.717, 1.165) is 16.6 Å². The van der Waals surface area contributed by atoms with Gasteiger partial charge in [-0.05, 0) is 31.2 Å². The van der Waals surface area contributed by atoms with Gasteiger partial charge in [-0.3, -0.25) is 4.98 Å². The molecule has 3 rings (SSSR count). The molecule has 2 aromatic heterocycles. The molecule has 0 fully saturated rings. The Hall–Kier alpha value is -2.76. The summed E-state index contributed by atoms with van der Waals surface area (Å²) < 4.78 is 1.51. The lowest BCUT2D eigenvalue weighted by Crippen LogP contribution is -2.02. The molecule has 1 N–H and O–H groups in total. The van der Waals surface area contributed by atoms with Crippen molar-refractivity contribution in [2.24, 2.45) is 0 Å². The van der Waals surface area contributed by atoms with Crippen molar-refractivity contribution in [3.05, 3.63) is 47.9 Å². The van der Waals surface area contributed by atoms with Crippen LogP contribution in [0.2, 0.25) is 0 Å². The van der Waals surface area contributed by atoms with E-state index in [1.807, 2.05) is 30.3 Å². The smallest absolute Gasteiger partial charge is 0.358 e. The van der Waals surface area contributed by atoms with Crippen LogP contribution in [0.15, 0.2) is 36.5 Å². The van der Waals surface area contributed by atoms with Crippen LogP contribution < -0.4 is 0 Å². The van der Waals surface area contributed by atoms with Crippen molar-refractivity contribution in [3.8, 4) is 5.69 Å². The maximum Gasteiger partial charge on any atom is 0.358 e. The van der Waals surface area contributed by atoms with Crippen LogP contribution in [0.5, 0.6) is 0 Å². The van der Waals surface area contributed by atoms with Gasteiger partial charge in [0.2, 0.25) is 0 Å². The highest BCUT2D eigenvalue weighted by Gasteiger charge is 2.16. The molecule has 0 aliphatic rings. The number of rotatable bonds is 2. The summed E-state index contributed by atoms with van der Waals surface area (Å²) in [4.78, 5) is 15.2. The Balaban J connectivity index is 2.16. The minimum atomic E-state index is -1.08. The van der Waals surface area contributed by atoms with Crippen molar-refractivity contribution >= 4 is 16.9 Å². The molecule has 0 atom stereocenters. The van der Waals surface area contributed by atoms with Crippen LogP contribution in [0.25, 0.3) is 16.6 Å². The molecule has 1 aromatic carbocycles. The average Bonchev–Trinajstić information content (AvgIpc) is 2.80. The molecule has 6 nitrogen and oxygen atoms in total. The number of benzene rings is 1. The molecular weight excluding hydrogens is 244 g/mol. The van der Waals surface area contributed by atoms with Gasteiger partial charge >= 0.3 is 5.97 Å². The Bertz CT molecular complexity index is 779. The lowest BCUT2D eigenvalue weighted by Gasteiger charge is -2.04. The quantitative estimate of drug-likeness (QED) is 0.754. The zero-order valence-electron chi connectivity index (χ0n) is 10.1. The van der Waals surface area contributed by atoms with Gasteiger partial charge in [0.1, 0.15) is 0 Å². The predicted molar refractivity (Wildman–Crippen MR) is 68.4 cm³/mol. The highest BCUT2D eigenvalue weighted by molar-refractivity contribution is 5.86. The second-order valence-corrected chi connectivity index (χ2v) is 4.12. The number of hydrogen-bond acceptors (Lipinski definition) is 4. The van der Waals surface area contributed by atoms with E-state index in [1.165, 1.54) is 4.68 Å². The van der Waals surface area contributed by atoms with Crippen molar-refractivity contribution in [1.29, 1.82) is 0 Å². The summed E-state index contributed by atoms with van der Waals surface area (Å²) in [6, 6.07) is 9.39. The van der Waals surface area contributed by atoms with Crippen molar-refractivity contribution in [3.63, 3.8) is 0 Å². The molecule has 6 heteroatoms. The van der Waals surface area contributed by atoms with Crippen molar-refractivity contribution in [2.45, 2.75) is 6.92 Å². The number of carboxylic acid groups (broad SMARTS) is 1. The number of pyridine rings is 1. The minimum absolute atomic E-state index is 0.0358. The van der Waals surface area contributed by atoms with Gasteiger partial charge in [0, 0.05) is 11.6 Å². The van der Waals surface area contributed by atoms with Gasteiger partial charge < -0.3 is 5.11 Å². The fourth-order valence-electron chi connectivity index (χ4n) is 1.97. The van der Waals surface area contributed by atoms with Crippen molar-refractivity contribution in [2.75, 3.05) is 0 Å². The lowest BCUT2D eigenvalue weighted by molar-refractivity contribution is 0.0689. The molecular formula is C13H10N4O2. The van der Waals surface area contributed by atoms with E-state index in [4.69, 9.17) is 5.11 Å². The van der Waals surface area contributed by atoms with Gasteiger partial charge in [-0.25, -0.2) is 9.48 Å². The Morgan fingerprint density at radius 2 is 2.16 bits per heavy atom. The second-order valence-electron chi connectivity index (χ2n) is 4.12. The zero-order valence-corrected chi connectivity index (χ0v) is 10.1. The van der Waals surface area contributed by atoms with E-state index < -0.39 is 5.97 Å². The standard InChI is InChI=1S/C13H10N4O2/c1-8-12(13(18)19)15-16-17(8)10-4-5-11-9(7-10)3-2-6-14-11/h2-7H,1H3,(H,18,19). The molecule has 0 unspecified atom stereocenters. The number of carbonyl (C=O) groups is 1. The molecule has 19 heavy (non-hydrogen) atoms. The monoisotopic (exact) mass is 254 g/mol. The maximum absolute atomic E-state index is 11.0. The summed E-state index contributed by atoms with van der Waals surface area (Å²) in [5.41, 5.74) is 2.10. The van der Waals surface area contributed by atoms with E-state index in [2.05, 4.69) is 15.3 Å². The Morgan fingerprint density at radius 1 is 1.32 bits per heavy atom. The summed E-state index contributed by atoms with van der Waals surface area (Å²) >= 11 is 0. The molecule has 0 spiro atoms. The largest absolute Gasteiger partial charge is 0.476 e. The first-order valence-electron chi connectivity index (χ1n) is 5.67. The highest BCUT2D eigenvalue weighted by Crippen LogP contribution is 2.18.